The Kier molecular flexibility index (Phi) is 6.87. The second-order valence-corrected chi connectivity index (χ2v) is 6.86. The summed E-state index contributed by atoms with van der Waals surface area (Å²) in [6.07, 6.45) is -0.833. The average Bonchev–Trinajstić information content (AvgIpc) is 2.73. The summed E-state index contributed by atoms with van der Waals surface area (Å²) in [5.74, 6) is 0.881. The van der Waals surface area contributed by atoms with E-state index in [-0.39, 0.29) is 19.1 Å². The van der Waals surface area contributed by atoms with E-state index in [2.05, 4.69) is 5.32 Å². The molecule has 5 nitrogen and oxygen atoms in total. The van der Waals surface area contributed by atoms with Gasteiger partial charge in [-0.2, -0.15) is 0 Å². The van der Waals surface area contributed by atoms with Crippen molar-refractivity contribution in [2.75, 3.05) is 18.5 Å². The SMILES string of the molecule is Cc1ccc(C)c(OCC(O)COc2ccccc2C(=O)Nc2ccccc2)c1. The van der Waals surface area contributed by atoms with Gasteiger partial charge in [-0.25, -0.2) is 0 Å². The van der Waals surface area contributed by atoms with Gasteiger partial charge in [0.2, 0.25) is 0 Å². The predicted octanol–water partition coefficient (Wildman–Crippen LogP) is 4.37. The third-order valence-electron chi connectivity index (χ3n) is 4.37. The fourth-order valence-electron chi connectivity index (χ4n) is 2.78. The number of anilines is 1. The molecule has 1 unspecified atom stereocenters. The Morgan fingerprint density at radius 2 is 1.55 bits per heavy atom. The number of nitrogens with one attached hydrogen (secondary N) is 1. The van der Waals surface area contributed by atoms with E-state index < -0.39 is 6.10 Å². The van der Waals surface area contributed by atoms with Gasteiger partial charge in [0, 0.05) is 5.69 Å². The van der Waals surface area contributed by atoms with Crippen molar-refractivity contribution in [1.82, 2.24) is 0 Å². The smallest absolute Gasteiger partial charge is 0.259 e. The van der Waals surface area contributed by atoms with Gasteiger partial charge in [0.15, 0.2) is 0 Å². The maximum absolute atomic E-state index is 12.6. The lowest BCUT2D eigenvalue weighted by Crippen LogP contribution is -2.26. The van der Waals surface area contributed by atoms with Crippen molar-refractivity contribution >= 4 is 11.6 Å². The van der Waals surface area contributed by atoms with E-state index in [0.717, 1.165) is 16.9 Å². The first-order valence-corrected chi connectivity index (χ1v) is 9.49. The third-order valence-corrected chi connectivity index (χ3v) is 4.37. The fraction of sp³-hybridized carbons (Fsp3) is 0.208. The number of aliphatic hydroxyl groups is 1. The molecule has 0 aliphatic carbocycles. The molecule has 1 atom stereocenters. The first kappa shape index (κ1) is 20.4. The van der Waals surface area contributed by atoms with E-state index in [1.165, 1.54) is 0 Å². The highest BCUT2D eigenvalue weighted by molar-refractivity contribution is 6.06. The van der Waals surface area contributed by atoms with Gasteiger partial charge in [-0.15, -0.1) is 0 Å². The van der Waals surface area contributed by atoms with E-state index >= 15 is 0 Å². The molecule has 150 valence electrons. The maximum atomic E-state index is 12.6. The molecule has 1 amide bonds. The van der Waals surface area contributed by atoms with Crippen LogP contribution in [0, 0.1) is 13.8 Å². The van der Waals surface area contributed by atoms with Crippen molar-refractivity contribution < 1.29 is 19.4 Å². The Morgan fingerprint density at radius 3 is 2.31 bits per heavy atom. The average molecular weight is 391 g/mol. The summed E-state index contributed by atoms with van der Waals surface area (Å²) in [7, 11) is 0. The highest BCUT2D eigenvalue weighted by Gasteiger charge is 2.14. The van der Waals surface area contributed by atoms with Crippen LogP contribution < -0.4 is 14.8 Å². The van der Waals surface area contributed by atoms with E-state index in [1.807, 2.05) is 62.4 Å². The minimum absolute atomic E-state index is 0.0144. The summed E-state index contributed by atoms with van der Waals surface area (Å²) >= 11 is 0. The monoisotopic (exact) mass is 391 g/mol. The lowest BCUT2D eigenvalue weighted by Gasteiger charge is -2.16. The lowest BCUT2D eigenvalue weighted by atomic mass is 10.1. The minimum atomic E-state index is -0.833. The van der Waals surface area contributed by atoms with Crippen molar-refractivity contribution in [3.63, 3.8) is 0 Å². The Bertz CT molecular complexity index is 956. The van der Waals surface area contributed by atoms with Crippen LogP contribution in [0.3, 0.4) is 0 Å². The van der Waals surface area contributed by atoms with Gasteiger partial charge in [-0.05, 0) is 55.3 Å². The fourth-order valence-corrected chi connectivity index (χ4v) is 2.78. The zero-order chi connectivity index (χ0) is 20.6. The number of aliphatic hydroxyl groups excluding tert-OH is 1. The number of carbonyl (C=O) groups excluding carboxylic acids is 1. The zero-order valence-corrected chi connectivity index (χ0v) is 16.6. The number of benzene rings is 3. The molecular weight excluding hydrogens is 366 g/mol. The molecule has 29 heavy (non-hydrogen) atoms. The summed E-state index contributed by atoms with van der Waals surface area (Å²) in [5.41, 5.74) is 3.20. The van der Waals surface area contributed by atoms with Crippen molar-refractivity contribution in [3.05, 3.63) is 89.5 Å². The van der Waals surface area contributed by atoms with E-state index in [1.54, 1.807) is 24.3 Å². The van der Waals surface area contributed by atoms with Crippen LogP contribution in [0.5, 0.6) is 11.5 Å². The summed E-state index contributed by atoms with van der Waals surface area (Å²) in [6.45, 7) is 4.06. The summed E-state index contributed by atoms with van der Waals surface area (Å²) < 4.78 is 11.4. The summed E-state index contributed by atoms with van der Waals surface area (Å²) in [5, 5.41) is 13.1. The normalized spacial score (nSPS) is 11.6. The topological polar surface area (TPSA) is 67.8 Å². The van der Waals surface area contributed by atoms with Crippen LogP contribution in [0.4, 0.5) is 5.69 Å². The van der Waals surface area contributed by atoms with Gasteiger partial charge in [-0.3, -0.25) is 4.79 Å². The van der Waals surface area contributed by atoms with Crippen LogP contribution in [-0.4, -0.2) is 30.3 Å². The molecule has 0 saturated carbocycles. The van der Waals surface area contributed by atoms with Gasteiger partial charge < -0.3 is 19.9 Å². The number of aryl methyl sites for hydroxylation is 2. The van der Waals surface area contributed by atoms with Crippen molar-refractivity contribution in [3.8, 4) is 11.5 Å². The second-order valence-electron chi connectivity index (χ2n) is 6.86. The molecule has 5 heteroatoms. The van der Waals surface area contributed by atoms with Crippen LogP contribution in [0.1, 0.15) is 21.5 Å². The Labute approximate surface area is 170 Å². The Morgan fingerprint density at radius 1 is 0.897 bits per heavy atom. The predicted molar refractivity (Wildman–Crippen MR) is 114 cm³/mol. The number of para-hydroxylation sites is 2. The molecule has 3 rings (SSSR count). The van der Waals surface area contributed by atoms with Crippen molar-refractivity contribution in [2.45, 2.75) is 20.0 Å². The summed E-state index contributed by atoms with van der Waals surface area (Å²) in [4.78, 5) is 12.6. The standard InChI is InChI=1S/C24H25NO4/c1-17-12-13-18(2)23(14-17)29-16-20(26)15-28-22-11-7-6-10-21(22)24(27)25-19-8-4-3-5-9-19/h3-14,20,26H,15-16H2,1-2H3,(H,25,27). The van der Waals surface area contributed by atoms with E-state index in [4.69, 9.17) is 9.47 Å². The maximum Gasteiger partial charge on any atom is 0.259 e. The van der Waals surface area contributed by atoms with Crippen LogP contribution in [0.2, 0.25) is 0 Å². The first-order valence-electron chi connectivity index (χ1n) is 9.49. The minimum Gasteiger partial charge on any atom is -0.490 e. The molecule has 2 N–H and O–H groups in total. The molecule has 3 aromatic rings. The molecule has 0 radical (unpaired) electrons. The van der Waals surface area contributed by atoms with Gasteiger partial charge in [0.25, 0.3) is 5.91 Å². The summed E-state index contributed by atoms with van der Waals surface area (Å²) in [6, 6.07) is 22.1. The number of amides is 1. The molecule has 0 bridgehead atoms. The molecule has 0 aliphatic rings. The van der Waals surface area contributed by atoms with Crippen LogP contribution in [-0.2, 0) is 0 Å². The molecule has 0 saturated heterocycles. The Balaban J connectivity index is 1.57. The van der Waals surface area contributed by atoms with Crippen LogP contribution >= 0.6 is 0 Å². The van der Waals surface area contributed by atoms with Crippen LogP contribution in [0.25, 0.3) is 0 Å². The van der Waals surface area contributed by atoms with Crippen LogP contribution in [0.15, 0.2) is 72.8 Å². The van der Waals surface area contributed by atoms with Crippen molar-refractivity contribution in [1.29, 1.82) is 0 Å². The number of ether oxygens (including phenoxy) is 2. The zero-order valence-electron chi connectivity index (χ0n) is 16.6. The van der Waals surface area contributed by atoms with Gasteiger partial charge in [0.05, 0.1) is 5.56 Å². The molecule has 0 spiro atoms. The number of hydrogen-bond donors (Lipinski definition) is 2. The largest absolute Gasteiger partial charge is 0.490 e. The van der Waals surface area contributed by atoms with Gasteiger partial charge in [0.1, 0.15) is 30.8 Å². The van der Waals surface area contributed by atoms with Gasteiger partial charge in [-0.1, -0.05) is 42.5 Å². The molecule has 0 aromatic heterocycles. The molecule has 0 heterocycles. The molecular formula is C24H25NO4. The van der Waals surface area contributed by atoms with Crippen molar-refractivity contribution in [2.24, 2.45) is 0 Å². The molecule has 3 aromatic carbocycles. The number of rotatable bonds is 8. The highest BCUT2D eigenvalue weighted by atomic mass is 16.5. The number of hydrogen-bond acceptors (Lipinski definition) is 4. The van der Waals surface area contributed by atoms with E-state index in [9.17, 15) is 9.90 Å². The molecule has 0 fully saturated rings. The first-order chi connectivity index (χ1) is 14.0. The van der Waals surface area contributed by atoms with E-state index in [0.29, 0.717) is 17.0 Å². The van der Waals surface area contributed by atoms with Gasteiger partial charge >= 0.3 is 0 Å². The quantitative estimate of drug-likeness (QED) is 0.598. The Hall–Kier alpha value is -3.31. The lowest BCUT2D eigenvalue weighted by molar-refractivity contribution is 0.0618. The number of carbonyl (C=O) groups is 1. The third kappa shape index (κ3) is 5.83. The second kappa shape index (κ2) is 9.75. The molecule has 0 aliphatic heterocycles. The highest BCUT2D eigenvalue weighted by Crippen LogP contribution is 2.21.